The molecule has 2 aromatic carbocycles. The number of nitrogens with two attached hydrogens (primary N) is 2. The molecule has 0 unspecified atom stereocenters. The van der Waals surface area contributed by atoms with E-state index in [0.717, 1.165) is 56.3 Å². The Bertz CT molecular complexity index is 1760. The maximum absolute atomic E-state index is 15.3. The van der Waals surface area contributed by atoms with Crippen LogP contribution in [0.2, 0.25) is 5.02 Å². The number of aromatic nitrogens is 3. The zero-order chi connectivity index (χ0) is 32.4. The molecule has 1 saturated heterocycles. The quantitative estimate of drug-likeness (QED) is 0.121. The van der Waals surface area contributed by atoms with Crippen molar-refractivity contribution in [3.8, 4) is 16.9 Å². The van der Waals surface area contributed by atoms with Crippen LogP contribution in [0.3, 0.4) is 0 Å². The molecule has 2 aromatic heterocycles. The molecule has 1 saturated carbocycles. The van der Waals surface area contributed by atoms with Crippen molar-refractivity contribution in [3.05, 3.63) is 81.1 Å². The molecule has 0 bridgehead atoms. The Morgan fingerprint density at radius 3 is 2.65 bits per heavy atom. The molecule has 0 amide bonds. The fraction of sp³-hybridized carbons (Fsp3) is 0.472. The van der Waals surface area contributed by atoms with Crippen LogP contribution >= 0.6 is 11.6 Å². The van der Waals surface area contributed by atoms with E-state index in [2.05, 4.69) is 39.0 Å². The van der Waals surface area contributed by atoms with E-state index in [0.29, 0.717) is 46.1 Å². The summed E-state index contributed by atoms with van der Waals surface area (Å²) in [4.78, 5) is 27.5. The smallest absolute Gasteiger partial charge is 0.354 e. The Labute approximate surface area is 275 Å². The number of hydrogen-bond acceptors (Lipinski definition) is 5. The van der Waals surface area contributed by atoms with Crippen LogP contribution in [0.15, 0.2) is 58.4 Å². The molecule has 8 nitrogen and oxygen atoms in total. The summed E-state index contributed by atoms with van der Waals surface area (Å²) >= 11 is 6.33. The van der Waals surface area contributed by atoms with Gasteiger partial charge in [-0.1, -0.05) is 36.6 Å². The summed E-state index contributed by atoms with van der Waals surface area (Å²) < 4.78 is 16.8. The number of hydrogen-bond donors (Lipinski definition) is 3. The van der Waals surface area contributed by atoms with Crippen molar-refractivity contribution in [1.82, 2.24) is 19.4 Å². The van der Waals surface area contributed by atoms with E-state index in [1.165, 1.54) is 31.2 Å². The number of benzene rings is 2. The Morgan fingerprint density at radius 2 is 1.91 bits per heavy atom. The van der Waals surface area contributed by atoms with Gasteiger partial charge >= 0.3 is 5.69 Å². The Balaban J connectivity index is 1.21. The molecule has 5 N–H and O–H groups in total. The van der Waals surface area contributed by atoms with Crippen LogP contribution in [0.25, 0.3) is 28.0 Å². The second kappa shape index (κ2) is 14.1. The average molecular weight is 646 g/mol. The van der Waals surface area contributed by atoms with Crippen LogP contribution in [-0.2, 0) is 6.42 Å². The lowest BCUT2D eigenvalue weighted by Gasteiger charge is -2.33. The summed E-state index contributed by atoms with van der Waals surface area (Å²) in [7, 11) is 2.20. The molecule has 4 aromatic rings. The van der Waals surface area contributed by atoms with Gasteiger partial charge in [-0.3, -0.25) is 14.5 Å². The van der Waals surface area contributed by atoms with Gasteiger partial charge in [-0.05, 0) is 113 Å². The number of nitrogens with zero attached hydrogens (tertiary/aromatic N) is 4. The first kappa shape index (κ1) is 32.4. The summed E-state index contributed by atoms with van der Waals surface area (Å²) in [5, 5.41) is 0.784. The number of aromatic amines is 1. The van der Waals surface area contributed by atoms with Crippen LogP contribution in [0.4, 0.5) is 4.39 Å². The maximum atomic E-state index is 15.3. The van der Waals surface area contributed by atoms with Crippen LogP contribution < -0.4 is 17.2 Å². The predicted octanol–water partition coefficient (Wildman–Crippen LogP) is 6.92. The molecule has 46 heavy (non-hydrogen) atoms. The van der Waals surface area contributed by atoms with E-state index in [4.69, 9.17) is 23.1 Å². The third kappa shape index (κ3) is 7.37. The lowest BCUT2D eigenvalue weighted by molar-refractivity contribution is 0.168. The molecule has 0 spiro atoms. The molecule has 244 valence electrons. The molecule has 1 aliphatic heterocycles. The SMILES string of the molecule is CC(N)=NCC[C@@H]1CCCC[C@@H](c2ccc(-n3cc4cc(-c5cc(CCC[C@@H](N)C6CC6)cc(Cl)c5F)[nH]c4nc3=O)cc2)N1C. The van der Waals surface area contributed by atoms with E-state index in [1.54, 1.807) is 16.8 Å². The number of rotatable bonds is 11. The average Bonchev–Trinajstić information content (AvgIpc) is 3.83. The van der Waals surface area contributed by atoms with Crippen molar-refractivity contribution in [2.45, 2.75) is 89.3 Å². The van der Waals surface area contributed by atoms with Gasteiger partial charge in [0.25, 0.3) is 0 Å². The molecular weight excluding hydrogens is 601 g/mol. The first-order chi connectivity index (χ1) is 22.2. The highest BCUT2D eigenvalue weighted by molar-refractivity contribution is 6.31. The lowest BCUT2D eigenvalue weighted by atomic mass is 10.00. The maximum Gasteiger partial charge on any atom is 0.354 e. The number of H-pyrrole nitrogens is 1. The number of amidine groups is 1. The zero-order valence-electron chi connectivity index (χ0n) is 26.8. The molecule has 3 heterocycles. The van der Waals surface area contributed by atoms with E-state index in [-0.39, 0.29) is 11.1 Å². The Hall–Kier alpha value is -3.53. The zero-order valence-corrected chi connectivity index (χ0v) is 27.6. The van der Waals surface area contributed by atoms with Crippen LogP contribution in [0.5, 0.6) is 0 Å². The highest BCUT2D eigenvalue weighted by Crippen LogP contribution is 2.35. The first-order valence-electron chi connectivity index (χ1n) is 16.6. The van der Waals surface area contributed by atoms with Gasteiger partial charge in [0.2, 0.25) is 0 Å². The Kier molecular flexibility index (Phi) is 9.92. The van der Waals surface area contributed by atoms with Gasteiger partial charge in [0.15, 0.2) is 5.82 Å². The predicted molar refractivity (Wildman–Crippen MR) is 185 cm³/mol. The van der Waals surface area contributed by atoms with Crippen molar-refractivity contribution in [3.63, 3.8) is 0 Å². The standard InChI is InChI=1S/C36H45ClFN7O/c1-22(39)41-17-16-27-7-3-4-9-33(44(27)2)25-12-14-28(15-13-25)45-21-26-20-32(42-35(26)43-36(45)46)29-18-23(19-30(37)34(29)38)6-5-8-31(40)24-10-11-24/h12-15,18-21,24,27,31,33H,3-11,16-17,40H2,1-2H3,(H2,39,41)(H,42,43,46)/t27-,31+,33-/m0/s1. The van der Waals surface area contributed by atoms with Gasteiger partial charge < -0.3 is 16.5 Å². The second-order valence-corrected chi connectivity index (χ2v) is 13.6. The minimum Gasteiger partial charge on any atom is -0.388 e. The number of fused-ring (bicyclic) bond motifs is 1. The van der Waals surface area contributed by atoms with Crippen molar-refractivity contribution in [2.24, 2.45) is 22.4 Å². The molecule has 0 radical (unpaired) electrons. The van der Waals surface area contributed by atoms with Gasteiger partial charge in [-0.2, -0.15) is 4.98 Å². The highest BCUT2D eigenvalue weighted by Gasteiger charge is 2.28. The molecular formula is C36H45ClFN7O. The lowest BCUT2D eigenvalue weighted by Crippen LogP contribution is -2.34. The minimum atomic E-state index is -0.495. The number of aryl methyl sites for hydroxylation is 1. The van der Waals surface area contributed by atoms with E-state index in [1.807, 2.05) is 31.2 Å². The van der Waals surface area contributed by atoms with E-state index < -0.39 is 11.5 Å². The fourth-order valence-corrected chi connectivity index (χ4v) is 7.23. The summed E-state index contributed by atoms with van der Waals surface area (Å²) in [6.45, 7) is 2.57. The molecule has 6 rings (SSSR count). The molecule has 1 aliphatic carbocycles. The van der Waals surface area contributed by atoms with Crippen molar-refractivity contribution < 1.29 is 4.39 Å². The number of likely N-dealkylation sites (tertiary alicyclic amines) is 1. The summed E-state index contributed by atoms with van der Waals surface area (Å²) in [6, 6.07) is 14.5. The van der Waals surface area contributed by atoms with Crippen LogP contribution in [0.1, 0.15) is 81.9 Å². The van der Waals surface area contributed by atoms with Crippen molar-refractivity contribution in [1.29, 1.82) is 0 Å². The van der Waals surface area contributed by atoms with Crippen LogP contribution in [-0.4, -0.2) is 50.9 Å². The minimum absolute atomic E-state index is 0.0788. The van der Waals surface area contributed by atoms with Gasteiger partial charge in [0.05, 0.1) is 22.2 Å². The molecule has 2 aliphatic rings. The summed E-state index contributed by atoms with van der Waals surface area (Å²) in [6.07, 6.45) is 12.4. The third-order valence-electron chi connectivity index (χ3n) is 9.83. The number of halogens is 2. The monoisotopic (exact) mass is 645 g/mol. The topological polar surface area (TPSA) is 118 Å². The largest absolute Gasteiger partial charge is 0.388 e. The van der Waals surface area contributed by atoms with Gasteiger partial charge in [0, 0.05) is 41.8 Å². The van der Waals surface area contributed by atoms with Gasteiger partial charge in [-0.15, -0.1) is 0 Å². The fourth-order valence-electron chi connectivity index (χ4n) is 6.99. The highest BCUT2D eigenvalue weighted by atomic mass is 35.5. The van der Waals surface area contributed by atoms with Crippen molar-refractivity contribution in [2.75, 3.05) is 13.6 Å². The van der Waals surface area contributed by atoms with Gasteiger partial charge in [-0.25, -0.2) is 9.18 Å². The third-order valence-corrected chi connectivity index (χ3v) is 10.1. The Morgan fingerprint density at radius 1 is 1.15 bits per heavy atom. The normalized spacial score (nSPS) is 20.2. The van der Waals surface area contributed by atoms with Crippen LogP contribution in [0, 0.1) is 11.7 Å². The second-order valence-electron chi connectivity index (χ2n) is 13.2. The summed E-state index contributed by atoms with van der Waals surface area (Å²) in [5.74, 6) is 0.792. The summed E-state index contributed by atoms with van der Waals surface area (Å²) in [5.41, 5.74) is 15.8. The molecule has 3 atom stereocenters. The molecule has 2 fully saturated rings. The van der Waals surface area contributed by atoms with Gasteiger partial charge in [0.1, 0.15) is 5.65 Å². The first-order valence-corrected chi connectivity index (χ1v) is 17.0. The number of nitrogens with one attached hydrogen (secondary N) is 1. The van der Waals surface area contributed by atoms with Crippen molar-refractivity contribution >= 4 is 28.5 Å². The van der Waals surface area contributed by atoms with E-state index in [9.17, 15) is 4.79 Å². The number of aliphatic imine (C=N–C) groups is 1. The molecule has 10 heteroatoms. The van der Waals surface area contributed by atoms with E-state index >= 15 is 4.39 Å².